The zero-order valence-electron chi connectivity index (χ0n) is 15.0. The number of halogens is 1. The van der Waals surface area contributed by atoms with E-state index in [2.05, 4.69) is 0 Å². The van der Waals surface area contributed by atoms with E-state index in [1.807, 2.05) is 0 Å². The van der Waals surface area contributed by atoms with E-state index in [0.29, 0.717) is 7.92 Å². The predicted octanol–water partition coefficient (Wildman–Crippen LogP) is 7.73. The van der Waals surface area contributed by atoms with Crippen LogP contribution in [-0.4, -0.2) is 18.6 Å². The van der Waals surface area contributed by atoms with Gasteiger partial charge in [0.25, 0.3) is 0 Å². The van der Waals surface area contributed by atoms with Crippen molar-refractivity contribution in [1.82, 2.24) is 0 Å². The van der Waals surface area contributed by atoms with Crippen LogP contribution in [0.4, 0.5) is 0 Å². The summed E-state index contributed by atoms with van der Waals surface area (Å²) in [4.78, 5) is 11.9. The van der Waals surface area contributed by atoms with Crippen molar-refractivity contribution >= 4 is 23.9 Å². The molecule has 0 aromatic heterocycles. The Bertz CT molecular complexity index is 1190. The van der Waals surface area contributed by atoms with Crippen molar-refractivity contribution in [3.8, 4) is 0 Å². The van der Waals surface area contributed by atoms with Crippen LogP contribution < -0.4 is 0 Å². The molecule has 12 aliphatic rings. The molecule has 0 nitrogen and oxygen atoms in total. The summed E-state index contributed by atoms with van der Waals surface area (Å²) in [5.74, 6) is 0. The van der Waals surface area contributed by atoms with Gasteiger partial charge in [-0.2, -0.15) is 0 Å². The van der Waals surface area contributed by atoms with E-state index >= 15 is 0 Å². The van der Waals surface area contributed by atoms with Crippen LogP contribution in [0.3, 0.4) is 0 Å². The monoisotopic (exact) mass is 460 g/mol. The average Bonchev–Trinajstić information content (AvgIpc) is 3.60. The Balaban J connectivity index is 1.19. The molecule has 1 spiro atoms. The maximum absolute atomic E-state index is 4.69. The fourth-order valence-electron chi connectivity index (χ4n) is 20.4. The van der Waals surface area contributed by atoms with Crippen LogP contribution in [0.15, 0.2) is 0 Å². The molecular weight excluding hydrogens is 431 g/mol. The number of hydrogen-bond donors (Lipinski definition) is 0. The van der Waals surface area contributed by atoms with Crippen LogP contribution in [0, 0.1) is 0 Å². The summed E-state index contributed by atoms with van der Waals surface area (Å²) in [7, 11) is 0.424. The SMILES string of the molecule is Br[C]12[CH]3[CH]4[CH]5[CH]1[Fe]45321678[CH]2[CH]1[CH]6[C]7(P(C1CCCCC1)C1CCCCC1)[CH]28. The second-order valence-electron chi connectivity index (χ2n) is 14.6. The van der Waals surface area contributed by atoms with Crippen molar-refractivity contribution in [3.05, 3.63) is 0 Å². The number of alkyl halides is 1. The minimum absolute atomic E-state index is 0.424. The molecule has 3 heteroatoms. The third-order valence-electron chi connectivity index (χ3n) is 18.9. The molecule has 12 rings (SSSR count). The van der Waals surface area contributed by atoms with Crippen LogP contribution >= 0.6 is 23.9 Å². The van der Waals surface area contributed by atoms with Gasteiger partial charge in [0.2, 0.25) is 0 Å². The summed E-state index contributed by atoms with van der Waals surface area (Å²) in [6, 6.07) is 0. The predicted molar refractivity (Wildman–Crippen MR) is 105 cm³/mol. The first-order valence-electron chi connectivity index (χ1n) is 11.7. The summed E-state index contributed by atoms with van der Waals surface area (Å²) in [6.07, 6.45) is 16.3. The normalized spacial score (nSPS) is 97.0. The third kappa shape index (κ3) is 0.211. The molecule has 12 fully saturated rings. The van der Waals surface area contributed by atoms with Gasteiger partial charge in [-0.05, 0) is 0 Å². The van der Waals surface area contributed by atoms with Gasteiger partial charge < -0.3 is 0 Å². The first kappa shape index (κ1) is 12.2. The van der Waals surface area contributed by atoms with Gasteiger partial charge in [-0.1, -0.05) is 0 Å². The van der Waals surface area contributed by atoms with Gasteiger partial charge in [-0.3, -0.25) is 0 Å². The number of fused-ring (bicyclic) bond motifs is 10. The van der Waals surface area contributed by atoms with Crippen LogP contribution in [0.2, 0.25) is 38.5 Å². The summed E-state index contributed by atoms with van der Waals surface area (Å²) in [5.41, 5.74) is 2.53. The molecule has 0 aromatic carbocycles. The van der Waals surface area contributed by atoms with E-state index in [-0.39, 0.29) is 0 Å². The van der Waals surface area contributed by atoms with E-state index in [1.165, 1.54) is 53.9 Å². The Hall–Kier alpha value is 1.43. The molecule has 2 saturated carbocycles. The van der Waals surface area contributed by atoms with Gasteiger partial charge in [-0.15, -0.1) is 0 Å². The van der Waals surface area contributed by atoms with E-state index < -0.39 is 6.51 Å². The Morgan fingerprint density at radius 1 is 0.640 bits per heavy atom. The summed E-state index contributed by atoms with van der Waals surface area (Å²) < 4.78 is 2.17. The molecule has 0 N–H and O–H groups in total. The van der Waals surface area contributed by atoms with Crippen LogP contribution in [0.25, 0.3) is 0 Å². The van der Waals surface area contributed by atoms with Crippen molar-refractivity contribution in [3.63, 3.8) is 0 Å². The first-order chi connectivity index (χ1) is 12.0. The quantitative estimate of drug-likeness (QED) is 0.229. The summed E-state index contributed by atoms with van der Waals surface area (Å²) >= 11 is 4.69. The number of rotatable bonds is 3. The van der Waals surface area contributed by atoms with Crippen molar-refractivity contribution in [2.75, 3.05) is 0 Å². The van der Waals surface area contributed by atoms with Gasteiger partial charge in [-0.25, -0.2) is 0 Å². The van der Waals surface area contributed by atoms with Crippen molar-refractivity contribution in [2.24, 2.45) is 0 Å². The molecule has 10 saturated heterocycles. The molecule has 0 aromatic rings. The van der Waals surface area contributed by atoms with Crippen LogP contribution in [0.1, 0.15) is 64.2 Å². The molecule has 0 amide bonds. The average molecular weight is 461 g/mol. The topological polar surface area (TPSA) is 0 Å². The van der Waals surface area contributed by atoms with Gasteiger partial charge >= 0.3 is 152 Å². The molecule has 10 aliphatic heterocycles. The molecule has 2 aliphatic carbocycles. The summed E-state index contributed by atoms with van der Waals surface area (Å²) in [6.45, 7) is -3.10. The van der Waals surface area contributed by atoms with Crippen LogP contribution in [-0.2, 0) is 6.51 Å². The Labute approximate surface area is 151 Å². The molecule has 10 heterocycles. The van der Waals surface area contributed by atoms with Gasteiger partial charge in [0, 0.05) is 0 Å². The van der Waals surface area contributed by atoms with E-state index in [9.17, 15) is 0 Å². The van der Waals surface area contributed by atoms with Crippen molar-refractivity contribution < 1.29 is 6.51 Å². The fraction of sp³-hybridized carbons (Fsp3) is 1.00. The maximum atomic E-state index is 4.69. The van der Waals surface area contributed by atoms with Crippen LogP contribution in [0.5, 0.6) is 0 Å². The summed E-state index contributed by atoms with van der Waals surface area (Å²) in [5, 5.41) is 0. The standard InChI is InChI=1S/C17H26P.C5H4Br.Fe/c1-3-9-15(10-4-1)18(17-13-7-8-14-17)16-11-5-2-6-12-16;6-5-3-1-2-4-5;/h7-8,13-16H,1-6,9-12H2;1-4H;. The minimum atomic E-state index is -3.10. The Morgan fingerprint density at radius 2 is 1.08 bits per heavy atom. The number of hydrogen-bond acceptors (Lipinski definition) is 0. The van der Waals surface area contributed by atoms with E-state index in [0.717, 1.165) is 3.22 Å². The fourth-order valence-corrected chi connectivity index (χ4v) is 125. The molecule has 8 atom stereocenters. The van der Waals surface area contributed by atoms with Crippen molar-refractivity contribution in [2.45, 2.75) is 121 Å². The second-order valence-corrected chi connectivity index (χ2v) is 43.3. The molecule has 138 valence electrons. The molecule has 25 heavy (non-hydrogen) atoms. The van der Waals surface area contributed by atoms with Gasteiger partial charge in [0.05, 0.1) is 0 Å². The second kappa shape index (κ2) is 1.48. The first-order valence-corrected chi connectivity index (χ1v) is 20.2. The zero-order valence-corrected chi connectivity index (χ0v) is 18.6. The van der Waals surface area contributed by atoms with Crippen molar-refractivity contribution in [1.29, 1.82) is 0 Å². The molecular formula is C22H30BrFeP. The Morgan fingerprint density at radius 3 is 1.36 bits per heavy atom. The van der Waals surface area contributed by atoms with Gasteiger partial charge in [0.1, 0.15) is 0 Å². The Kier molecular flexibility index (Phi) is 0.720. The molecule has 0 bridgehead atoms. The molecule has 0 radical (unpaired) electrons. The third-order valence-corrected chi connectivity index (χ3v) is 76.9. The van der Waals surface area contributed by atoms with E-state index in [4.69, 9.17) is 15.9 Å². The van der Waals surface area contributed by atoms with E-state index in [1.54, 1.807) is 64.2 Å². The van der Waals surface area contributed by atoms with Gasteiger partial charge in [0.15, 0.2) is 0 Å². The zero-order chi connectivity index (χ0) is 15.7. The molecule has 8 unspecified atom stereocenters.